The second-order valence-electron chi connectivity index (χ2n) is 9.65. The summed E-state index contributed by atoms with van der Waals surface area (Å²) in [6.45, 7) is 11.8. The Morgan fingerprint density at radius 2 is 1.91 bits per heavy atom. The molecule has 2 saturated heterocycles. The lowest BCUT2D eigenvalue weighted by molar-refractivity contribution is 0.0955. The molecule has 4 heterocycles. The van der Waals surface area contributed by atoms with Crippen LogP contribution in [0.1, 0.15) is 38.3 Å². The van der Waals surface area contributed by atoms with Crippen LogP contribution in [0.3, 0.4) is 0 Å². The van der Waals surface area contributed by atoms with Gasteiger partial charge < -0.3 is 15.1 Å². The average molecular weight is 518 g/mol. The smallest absolute Gasteiger partial charge is 0.228 e. The van der Waals surface area contributed by atoms with E-state index in [0.717, 1.165) is 61.1 Å². The molecule has 10 heteroatoms. The van der Waals surface area contributed by atoms with E-state index >= 15 is 0 Å². The molecule has 2 aliphatic rings. The van der Waals surface area contributed by atoms with Gasteiger partial charge in [0.1, 0.15) is 5.52 Å². The molecule has 0 spiro atoms. The van der Waals surface area contributed by atoms with Gasteiger partial charge in [0.15, 0.2) is 11.3 Å². The van der Waals surface area contributed by atoms with Crippen molar-refractivity contribution in [3.63, 3.8) is 0 Å². The number of hydrogen-bond donors (Lipinski definition) is 1. The topological polar surface area (TPSA) is 65.3 Å². The fourth-order valence-corrected chi connectivity index (χ4v) is 5.87. The van der Waals surface area contributed by atoms with Crippen LogP contribution < -0.4 is 10.2 Å². The minimum Gasteiger partial charge on any atom is -0.361 e. The number of rotatable bonds is 6. The number of aromatic nitrogens is 4. The van der Waals surface area contributed by atoms with Gasteiger partial charge in [-0.3, -0.25) is 9.58 Å². The quantitative estimate of drug-likeness (QED) is 0.518. The van der Waals surface area contributed by atoms with Crippen LogP contribution in [0, 0.1) is 0 Å². The summed E-state index contributed by atoms with van der Waals surface area (Å²) in [6, 6.07) is 6.16. The minimum atomic E-state index is -0.0719. The number of fused-ring (bicyclic) bond motifs is 1. The number of nitrogens with zero attached hydrogens (tertiary/aromatic N) is 7. The van der Waals surface area contributed by atoms with E-state index in [9.17, 15) is 0 Å². The Labute approximate surface area is 217 Å². The predicted molar refractivity (Wildman–Crippen MR) is 144 cm³/mol. The number of piperidine rings is 1. The molecule has 0 saturated carbocycles. The molecule has 188 valence electrons. The van der Waals surface area contributed by atoms with E-state index in [1.165, 1.54) is 25.9 Å². The van der Waals surface area contributed by atoms with Crippen molar-refractivity contribution in [3.8, 4) is 0 Å². The van der Waals surface area contributed by atoms with Crippen molar-refractivity contribution in [2.75, 3.05) is 56.0 Å². The van der Waals surface area contributed by atoms with E-state index < -0.39 is 0 Å². The summed E-state index contributed by atoms with van der Waals surface area (Å²) in [5, 5.41) is 9.40. The van der Waals surface area contributed by atoms with Crippen molar-refractivity contribution in [3.05, 3.63) is 40.0 Å². The number of hydrogen-bond acceptors (Lipinski definition) is 7. The van der Waals surface area contributed by atoms with E-state index in [2.05, 4.69) is 39.0 Å². The molecular weight excluding hydrogens is 483 g/mol. The molecular formula is C25H34Cl2N8. The summed E-state index contributed by atoms with van der Waals surface area (Å²) >= 11 is 12.6. The maximum absolute atomic E-state index is 6.47. The van der Waals surface area contributed by atoms with Gasteiger partial charge in [0, 0.05) is 55.9 Å². The number of anilines is 2. The molecule has 0 amide bonds. The maximum Gasteiger partial charge on any atom is 0.228 e. The lowest BCUT2D eigenvalue weighted by Gasteiger charge is -2.43. The summed E-state index contributed by atoms with van der Waals surface area (Å²) < 4.78 is 1.79. The second-order valence-corrected chi connectivity index (χ2v) is 10.5. The van der Waals surface area contributed by atoms with E-state index in [4.69, 9.17) is 33.2 Å². The lowest BCUT2D eigenvalue weighted by Crippen LogP contribution is -2.55. The fourth-order valence-electron chi connectivity index (χ4n) is 5.29. The standard InChI is InChI=1S/C25H34Cl2N8/c1-4-33-9-5-6-19(15-33)34-10-12-35(13-11-34)25-29-22-16-32(3)31-23(22)24(30-25)28-17(2)20-8-7-18(26)14-21(20)27/h7-8,14,16-17,19H,4-6,9-13,15H2,1-3H3,(H,28,29,30). The average Bonchev–Trinajstić information content (AvgIpc) is 3.24. The summed E-state index contributed by atoms with van der Waals surface area (Å²) in [5.74, 6) is 1.47. The van der Waals surface area contributed by atoms with Crippen molar-refractivity contribution in [2.24, 2.45) is 7.05 Å². The summed E-state index contributed by atoms with van der Waals surface area (Å²) in [7, 11) is 1.91. The van der Waals surface area contributed by atoms with E-state index in [0.29, 0.717) is 16.1 Å². The predicted octanol–water partition coefficient (Wildman–Crippen LogP) is 4.45. The van der Waals surface area contributed by atoms with Gasteiger partial charge in [0.2, 0.25) is 5.95 Å². The molecule has 2 unspecified atom stereocenters. The van der Waals surface area contributed by atoms with Crippen LogP contribution >= 0.6 is 23.2 Å². The first kappa shape index (κ1) is 24.6. The fraction of sp³-hybridized carbons (Fsp3) is 0.560. The van der Waals surface area contributed by atoms with Crippen molar-refractivity contribution in [1.29, 1.82) is 0 Å². The molecule has 8 nitrogen and oxygen atoms in total. The summed E-state index contributed by atoms with van der Waals surface area (Å²) in [5.41, 5.74) is 2.55. The third kappa shape index (κ3) is 5.35. The van der Waals surface area contributed by atoms with Crippen LogP contribution in [0.5, 0.6) is 0 Å². The molecule has 0 radical (unpaired) electrons. The Morgan fingerprint density at radius 3 is 2.66 bits per heavy atom. The van der Waals surface area contributed by atoms with Crippen molar-refractivity contribution in [1.82, 2.24) is 29.5 Å². The molecule has 2 fully saturated rings. The highest BCUT2D eigenvalue weighted by Gasteiger charge is 2.29. The van der Waals surface area contributed by atoms with Crippen LogP contribution in [-0.4, -0.2) is 81.4 Å². The number of aryl methyl sites for hydroxylation is 1. The van der Waals surface area contributed by atoms with Crippen molar-refractivity contribution < 1.29 is 0 Å². The normalized spacial score (nSPS) is 20.9. The van der Waals surface area contributed by atoms with Gasteiger partial charge in [-0.25, -0.2) is 4.98 Å². The van der Waals surface area contributed by atoms with Gasteiger partial charge in [-0.2, -0.15) is 10.1 Å². The molecule has 0 bridgehead atoms. The van der Waals surface area contributed by atoms with Crippen LogP contribution in [0.2, 0.25) is 10.0 Å². The monoisotopic (exact) mass is 516 g/mol. The van der Waals surface area contributed by atoms with Crippen LogP contribution in [-0.2, 0) is 7.05 Å². The number of likely N-dealkylation sites (tertiary alicyclic amines) is 1. The Bertz CT molecular complexity index is 1170. The largest absolute Gasteiger partial charge is 0.361 e. The highest BCUT2D eigenvalue weighted by molar-refractivity contribution is 6.35. The third-order valence-electron chi connectivity index (χ3n) is 7.29. The number of halogens is 2. The van der Waals surface area contributed by atoms with Crippen molar-refractivity contribution >= 4 is 46.0 Å². The van der Waals surface area contributed by atoms with E-state index in [-0.39, 0.29) is 6.04 Å². The second kappa shape index (κ2) is 10.5. The first-order chi connectivity index (χ1) is 16.9. The minimum absolute atomic E-state index is 0.0719. The summed E-state index contributed by atoms with van der Waals surface area (Å²) in [6.07, 6.45) is 4.54. The van der Waals surface area contributed by atoms with E-state index in [1.807, 2.05) is 25.4 Å². The Morgan fingerprint density at radius 1 is 1.11 bits per heavy atom. The van der Waals surface area contributed by atoms with Crippen LogP contribution in [0.15, 0.2) is 24.4 Å². The zero-order chi connectivity index (χ0) is 24.5. The highest BCUT2D eigenvalue weighted by atomic mass is 35.5. The SMILES string of the molecule is CCN1CCCC(N2CCN(c3nc(NC(C)c4ccc(Cl)cc4Cl)c4nn(C)cc4n3)CC2)C1. The van der Waals surface area contributed by atoms with Crippen molar-refractivity contribution in [2.45, 2.75) is 38.8 Å². The molecule has 0 aliphatic carbocycles. The first-order valence-corrected chi connectivity index (χ1v) is 13.3. The maximum atomic E-state index is 6.47. The number of benzene rings is 1. The Kier molecular flexibility index (Phi) is 7.34. The molecule has 2 aromatic heterocycles. The van der Waals surface area contributed by atoms with Gasteiger partial charge >= 0.3 is 0 Å². The summed E-state index contributed by atoms with van der Waals surface area (Å²) in [4.78, 5) is 17.4. The van der Waals surface area contributed by atoms with Gasteiger partial charge in [-0.15, -0.1) is 0 Å². The molecule has 5 rings (SSSR count). The molecule has 1 N–H and O–H groups in total. The zero-order valence-electron chi connectivity index (χ0n) is 20.7. The van der Waals surface area contributed by atoms with Gasteiger partial charge in [0.05, 0.1) is 12.2 Å². The lowest BCUT2D eigenvalue weighted by atomic mass is 10.0. The van der Waals surface area contributed by atoms with E-state index in [1.54, 1.807) is 10.7 Å². The Balaban J connectivity index is 1.34. The number of piperazine rings is 1. The first-order valence-electron chi connectivity index (χ1n) is 12.6. The molecule has 35 heavy (non-hydrogen) atoms. The molecule has 1 aromatic carbocycles. The Hall–Kier alpha value is -2.13. The van der Waals surface area contributed by atoms with Gasteiger partial charge in [0.25, 0.3) is 0 Å². The zero-order valence-corrected chi connectivity index (χ0v) is 22.2. The number of nitrogens with one attached hydrogen (secondary N) is 1. The van der Waals surface area contributed by atoms with Gasteiger partial charge in [-0.05, 0) is 50.6 Å². The third-order valence-corrected chi connectivity index (χ3v) is 7.85. The number of likely N-dealkylation sites (N-methyl/N-ethyl adjacent to an activating group) is 1. The molecule has 2 atom stereocenters. The highest BCUT2D eigenvalue weighted by Crippen LogP contribution is 2.31. The van der Waals surface area contributed by atoms with Gasteiger partial charge in [-0.1, -0.05) is 36.2 Å². The van der Waals surface area contributed by atoms with Crippen LogP contribution in [0.4, 0.5) is 11.8 Å². The molecule has 2 aliphatic heterocycles. The molecule has 3 aromatic rings. The van der Waals surface area contributed by atoms with Crippen LogP contribution in [0.25, 0.3) is 11.0 Å².